The quantitative estimate of drug-likeness (QED) is 0.526. The summed E-state index contributed by atoms with van der Waals surface area (Å²) >= 11 is 0. The highest BCUT2D eigenvalue weighted by molar-refractivity contribution is 7.89. The highest BCUT2D eigenvalue weighted by atomic mass is 32.2. The molecule has 1 atom stereocenters. The minimum Gasteiger partial charge on any atom is -0.480 e. The number of aliphatic carboxylic acids is 1. The van der Waals surface area contributed by atoms with Crippen LogP contribution in [0, 0.1) is 0 Å². The Bertz CT molecular complexity index is 699. The Hall–Kier alpha value is -2.46. The molecule has 2 amide bonds. The molecule has 0 aliphatic heterocycles. The predicted molar refractivity (Wildman–Crippen MR) is 81.2 cm³/mol. The fourth-order valence-electron chi connectivity index (χ4n) is 1.59. The van der Waals surface area contributed by atoms with Crippen molar-refractivity contribution in [1.29, 1.82) is 0 Å². The van der Waals surface area contributed by atoms with Crippen molar-refractivity contribution < 1.29 is 27.9 Å². The molecule has 9 nitrogen and oxygen atoms in total. The summed E-state index contributed by atoms with van der Waals surface area (Å²) in [4.78, 5) is 32.7. The molecular weight excluding hydrogens is 326 g/mol. The Balaban J connectivity index is 2.76. The number of amides is 2. The van der Waals surface area contributed by atoms with Crippen LogP contribution in [-0.2, 0) is 24.4 Å². The normalized spacial score (nSPS) is 12.3. The molecule has 10 heteroatoms. The SMILES string of the molecule is CC(=O)Nc1ccc(S(=O)(=O)NC(C)C(=O)NCC(=O)O)cc1. The number of anilines is 1. The molecule has 4 N–H and O–H groups in total. The van der Waals surface area contributed by atoms with Crippen LogP contribution in [0.3, 0.4) is 0 Å². The van der Waals surface area contributed by atoms with Gasteiger partial charge in [0, 0.05) is 12.6 Å². The van der Waals surface area contributed by atoms with Crippen LogP contribution in [0.2, 0.25) is 0 Å². The number of rotatable bonds is 7. The van der Waals surface area contributed by atoms with Gasteiger partial charge in [0.05, 0.1) is 10.9 Å². The lowest BCUT2D eigenvalue weighted by Crippen LogP contribution is -2.45. The standard InChI is InChI=1S/C13H17N3O6S/c1-8(13(20)14-7-12(18)19)16-23(21,22)11-5-3-10(4-6-11)15-9(2)17/h3-6,8,16H,7H2,1-2H3,(H,14,20)(H,15,17)(H,18,19). The van der Waals surface area contributed by atoms with E-state index in [1.807, 2.05) is 0 Å². The number of hydrogen-bond acceptors (Lipinski definition) is 5. The maximum absolute atomic E-state index is 12.1. The van der Waals surface area contributed by atoms with Crippen LogP contribution in [0.5, 0.6) is 0 Å². The zero-order valence-corrected chi connectivity index (χ0v) is 13.3. The van der Waals surface area contributed by atoms with Crippen molar-refractivity contribution in [2.75, 3.05) is 11.9 Å². The highest BCUT2D eigenvalue weighted by Crippen LogP contribution is 2.14. The molecule has 126 valence electrons. The number of sulfonamides is 1. The van der Waals surface area contributed by atoms with E-state index in [0.29, 0.717) is 5.69 Å². The van der Waals surface area contributed by atoms with Gasteiger partial charge in [0.25, 0.3) is 0 Å². The first-order valence-electron chi connectivity index (χ1n) is 6.51. The lowest BCUT2D eigenvalue weighted by Gasteiger charge is -2.14. The van der Waals surface area contributed by atoms with E-state index in [1.165, 1.54) is 38.1 Å². The summed E-state index contributed by atoms with van der Waals surface area (Å²) in [5.74, 6) is -2.28. The lowest BCUT2D eigenvalue weighted by atomic mass is 10.3. The van der Waals surface area contributed by atoms with Gasteiger partial charge in [-0.25, -0.2) is 8.42 Å². The first-order valence-corrected chi connectivity index (χ1v) is 7.99. The van der Waals surface area contributed by atoms with Gasteiger partial charge in [0.2, 0.25) is 21.8 Å². The average molecular weight is 343 g/mol. The monoisotopic (exact) mass is 343 g/mol. The maximum Gasteiger partial charge on any atom is 0.322 e. The van der Waals surface area contributed by atoms with Crippen molar-refractivity contribution in [1.82, 2.24) is 10.0 Å². The number of benzene rings is 1. The first-order chi connectivity index (χ1) is 10.6. The summed E-state index contributed by atoms with van der Waals surface area (Å²) in [6.07, 6.45) is 0. The van der Waals surface area contributed by atoms with Gasteiger partial charge >= 0.3 is 5.97 Å². The lowest BCUT2D eigenvalue weighted by molar-refractivity contribution is -0.138. The Morgan fingerprint density at radius 1 is 1.17 bits per heavy atom. The van der Waals surface area contributed by atoms with Crippen LogP contribution in [0.4, 0.5) is 5.69 Å². The van der Waals surface area contributed by atoms with Gasteiger partial charge in [0.15, 0.2) is 0 Å². The smallest absolute Gasteiger partial charge is 0.322 e. The molecule has 0 spiro atoms. The third-order valence-corrected chi connectivity index (χ3v) is 4.18. The van der Waals surface area contributed by atoms with Crippen LogP contribution in [0.25, 0.3) is 0 Å². The molecule has 1 aromatic carbocycles. The van der Waals surface area contributed by atoms with Gasteiger partial charge in [-0.3, -0.25) is 14.4 Å². The summed E-state index contributed by atoms with van der Waals surface area (Å²) in [5, 5.41) is 13.0. The summed E-state index contributed by atoms with van der Waals surface area (Å²) < 4.78 is 26.4. The largest absolute Gasteiger partial charge is 0.480 e. The second kappa shape index (κ2) is 7.70. The van der Waals surface area contributed by atoms with E-state index in [4.69, 9.17) is 5.11 Å². The van der Waals surface area contributed by atoms with E-state index in [1.54, 1.807) is 0 Å². The van der Waals surface area contributed by atoms with Crippen molar-refractivity contribution in [3.05, 3.63) is 24.3 Å². The molecule has 0 saturated heterocycles. The van der Waals surface area contributed by atoms with Gasteiger partial charge in [-0.05, 0) is 31.2 Å². The summed E-state index contributed by atoms with van der Waals surface area (Å²) in [6.45, 7) is 2.01. The zero-order chi connectivity index (χ0) is 17.6. The minimum absolute atomic E-state index is 0.0931. The van der Waals surface area contributed by atoms with Gasteiger partial charge in [-0.2, -0.15) is 4.72 Å². The molecule has 0 aliphatic rings. The number of nitrogens with one attached hydrogen (secondary N) is 3. The molecule has 0 heterocycles. The van der Waals surface area contributed by atoms with Crippen LogP contribution in [-0.4, -0.2) is 43.9 Å². The van der Waals surface area contributed by atoms with Crippen molar-refractivity contribution in [3.63, 3.8) is 0 Å². The zero-order valence-electron chi connectivity index (χ0n) is 12.5. The van der Waals surface area contributed by atoms with Gasteiger partial charge in [-0.1, -0.05) is 0 Å². The molecule has 0 saturated carbocycles. The van der Waals surface area contributed by atoms with Crippen LogP contribution in [0.1, 0.15) is 13.8 Å². The average Bonchev–Trinajstić information content (AvgIpc) is 2.44. The Kier molecular flexibility index (Phi) is 6.22. The van der Waals surface area contributed by atoms with E-state index in [2.05, 4.69) is 15.4 Å². The van der Waals surface area contributed by atoms with Crippen molar-refractivity contribution in [2.45, 2.75) is 24.8 Å². The van der Waals surface area contributed by atoms with Gasteiger partial charge in [0.1, 0.15) is 6.54 Å². The van der Waals surface area contributed by atoms with Gasteiger partial charge in [-0.15, -0.1) is 0 Å². The van der Waals surface area contributed by atoms with Crippen LogP contribution < -0.4 is 15.4 Å². The second-order valence-electron chi connectivity index (χ2n) is 4.66. The topological polar surface area (TPSA) is 142 Å². The van der Waals surface area contributed by atoms with E-state index in [9.17, 15) is 22.8 Å². The number of hydrogen-bond donors (Lipinski definition) is 4. The van der Waals surface area contributed by atoms with Crippen LogP contribution >= 0.6 is 0 Å². The van der Waals surface area contributed by atoms with E-state index >= 15 is 0 Å². The molecule has 0 aliphatic carbocycles. The van der Waals surface area contributed by atoms with Crippen molar-refractivity contribution in [3.8, 4) is 0 Å². The number of carbonyl (C=O) groups excluding carboxylic acids is 2. The highest BCUT2D eigenvalue weighted by Gasteiger charge is 2.22. The molecule has 1 aromatic rings. The number of carboxylic acid groups (broad SMARTS) is 1. The molecule has 0 bridgehead atoms. The molecule has 1 unspecified atom stereocenters. The van der Waals surface area contributed by atoms with Crippen molar-refractivity contribution in [2.24, 2.45) is 0 Å². The minimum atomic E-state index is -3.96. The first kappa shape index (κ1) is 18.6. The molecule has 0 fully saturated rings. The van der Waals surface area contributed by atoms with Crippen molar-refractivity contribution >= 4 is 33.5 Å². The fourth-order valence-corrected chi connectivity index (χ4v) is 2.79. The van der Waals surface area contributed by atoms with Gasteiger partial charge < -0.3 is 15.7 Å². The van der Waals surface area contributed by atoms with Crippen LogP contribution in [0.15, 0.2) is 29.2 Å². The number of carboxylic acids is 1. The molecule has 0 aromatic heterocycles. The Morgan fingerprint density at radius 2 is 1.74 bits per heavy atom. The molecule has 23 heavy (non-hydrogen) atoms. The van der Waals surface area contributed by atoms with E-state index in [0.717, 1.165) is 0 Å². The second-order valence-corrected chi connectivity index (χ2v) is 6.37. The third-order valence-electron chi connectivity index (χ3n) is 2.62. The summed E-state index contributed by atoms with van der Waals surface area (Å²) in [5.41, 5.74) is 0.434. The van der Waals surface area contributed by atoms with E-state index < -0.39 is 34.5 Å². The summed E-state index contributed by atoms with van der Waals surface area (Å²) in [6, 6.07) is 4.22. The Labute approximate surface area is 133 Å². The molecular formula is C13H17N3O6S. The predicted octanol–water partition coefficient (Wildman–Crippen LogP) is -0.487. The fraction of sp³-hybridized carbons (Fsp3) is 0.308. The Morgan fingerprint density at radius 3 is 2.22 bits per heavy atom. The van der Waals surface area contributed by atoms with E-state index in [-0.39, 0.29) is 10.8 Å². The third kappa shape index (κ3) is 6.04. The molecule has 0 radical (unpaired) electrons. The number of carbonyl (C=O) groups is 3. The molecule has 1 rings (SSSR count). The summed E-state index contributed by atoms with van der Waals surface area (Å²) in [7, 11) is -3.96. The maximum atomic E-state index is 12.1.